The van der Waals surface area contributed by atoms with Crippen molar-refractivity contribution < 1.29 is 18.4 Å². The van der Waals surface area contributed by atoms with Crippen LogP contribution in [0.1, 0.15) is 125 Å². The second-order valence-electron chi connectivity index (χ2n) is 13.8. The summed E-state index contributed by atoms with van der Waals surface area (Å²) in [6, 6.07) is 0. The van der Waals surface area contributed by atoms with Gasteiger partial charge < -0.3 is 0 Å². The van der Waals surface area contributed by atoms with E-state index in [-0.39, 0.29) is 79.1 Å². The maximum absolute atomic E-state index is 5.94. The summed E-state index contributed by atoms with van der Waals surface area (Å²) >= 11 is -5.44. The fourth-order valence-corrected chi connectivity index (χ4v) is 10.9. The van der Waals surface area contributed by atoms with Gasteiger partial charge in [-0.25, -0.2) is 0 Å². The zero-order chi connectivity index (χ0) is 26.4. The predicted octanol–water partition coefficient (Wildman–Crippen LogP) is 6.45. The van der Waals surface area contributed by atoms with Gasteiger partial charge in [0.25, 0.3) is 0 Å². The van der Waals surface area contributed by atoms with Gasteiger partial charge in [0, 0.05) is 45.5 Å². The van der Waals surface area contributed by atoms with E-state index in [9.17, 15) is 0 Å². The average Bonchev–Trinajstić information content (AvgIpc) is 2.24. The van der Waals surface area contributed by atoms with E-state index >= 15 is 0 Å². The summed E-state index contributed by atoms with van der Waals surface area (Å²) in [5.41, 5.74) is -1.22. The molecule has 196 valence electrons. The van der Waals surface area contributed by atoms with Crippen LogP contribution in [0.2, 0.25) is 0 Å². The molecule has 0 aromatic carbocycles. The molecule has 6 nitrogen and oxygen atoms in total. The van der Waals surface area contributed by atoms with Crippen molar-refractivity contribution in [2.24, 2.45) is 0 Å². The van der Waals surface area contributed by atoms with E-state index in [2.05, 4.69) is 0 Å². The van der Waals surface area contributed by atoms with Gasteiger partial charge in [0.1, 0.15) is 0 Å². The third-order valence-corrected chi connectivity index (χ3v) is 15.7. The van der Waals surface area contributed by atoms with Crippen molar-refractivity contribution in [3.63, 3.8) is 0 Å². The topological polar surface area (TPSA) is 55.4 Å². The fraction of sp³-hybridized carbons (Fsp3) is 1.00. The Balaban J connectivity index is -0.000000529. The third-order valence-electron chi connectivity index (χ3n) is 2.34. The molecule has 33 heavy (non-hydrogen) atoms. The van der Waals surface area contributed by atoms with Crippen molar-refractivity contribution in [2.45, 2.75) is 158 Å². The molecule has 0 fully saturated rings. The molecule has 0 spiro atoms. The first-order valence-corrected chi connectivity index (χ1v) is 18.4. The van der Waals surface area contributed by atoms with Crippen LogP contribution in [0.5, 0.6) is 0 Å². The summed E-state index contributed by atoms with van der Waals surface area (Å²) in [4.78, 5) is 0. The molecule has 0 aromatic rings. The van der Waals surface area contributed by atoms with Crippen molar-refractivity contribution >= 4 is 87.5 Å². The molecule has 0 saturated heterocycles. The van der Waals surface area contributed by atoms with E-state index in [0.717, 1.165) is 0 Å². The summed E-state index contributed by atoms with van der Waals surface area (Å²) in [5, 5.41) is 0. The molecule has 0 aliphatic carbocycles. The van der Waals surface area contributed by atoms with E-state index < -0.39 is 42.0 Å². The largest absolute Gasteiger partial charge is 0 e. The molecule has 0 rings (SSSR count). The Hall–Kier alpha value is 2.84. The third kappa shape index (κ3) is 34.8. The van der Waals surface area contributed by atoms with Crippen molar-refractivity contribution in [2.75, 3.05) is 0 Å². The minimum atomic E-state index is -2.72. The van der Waals surface area contributed by atoms with E-state index in [4.69, 9.17) is 18.4 Å². The van der Waals surface area contributed by atoms with E-state index in [1.165, 1.54) is 0 Å². The maximum atomic E-state index is 5.94. The fourth-order valence-electron chi connectivity index (χ4n) is 1.63. The van der Waals surface area contributed by atoms with Crippen molar-refractivity contribution in [3.8, 4) is 0 Å². The van der Waals surface area contributed by atoms with Crippen molar-refractivity contribution in [1.82, 2.24) is 0 Å². The van der Waals surface area contributed by atoms with Gasteiger partial charge in [-0.05, 0) is 0 Å². The zero-order valence-electron chi connectivity index (χ0n) is 25.2. The molecule has 0 N–H and O–H groups in total. The first kappa shape index (κ1) is 40.3. The second-order valence-corrected chi connectivity index (χ2v) is 20.1. The second kappa shape index (κ2) is 15.4. The quantitative estimate of drug-likeness (QED) is 0.290. The summed E-state index contributed by atoms with van der Waals surface area (Å²) in [7, 11) is 0. The van der Waals surface area contributed by atoms with E-state index in [1.807, 2.05) is 125 Å². The molecule has 0 aliphatic heterocycles. The monoisotopic (exact) mass is 766 g/mol. The van der Waals surface area contributed by atoms with E-state index in [0.29, 0.717) is 0 Å². The van der Waals surface area contributed by atoms with Crippen LogP contribution in [0.4, 0.5) is 0 Å². The summed E-state index contributed by atoms with van der Waals surface area (Å²) in [6.45, 7) is 36.6. The van der Waals surface area contributed by atoms with Crippen LogP contribution in [0.25, 0.3) is 0 Å². The molecule has 0 amide bonds. The smallest absolute Gasteiger partial charge is 0 e. The van der Waals surface area contributed by atoms with Crippen LogP contribution in [0.15, 0.2) is 0 Å². The van der Waals surface area contributed by atoms with Crippen LogP contribution >= 0.6 is 0 Å². The van der Waals surface area contributed by atoms with Crippen molar-refractivity contribution in [1.29, 1.82) is 0 Å². The standard InChI is InChI=1S/6C4H9O.2Sn.Sr/c6*1-4(2,3)5;;;/h6*1-3H3;;;/q6*-1;2*+3;. The minimum Gasteiger partial charge on any atom is 0 e. The summed E-state index contributed by atoms with van der Waals surface area (Å²) in [6.07, 6.45) is 0. The number of hydrogen-bond donors (Lipinski definition) is 0. The first-order chi connectivity index (χ1) is 13.6. The molecular weight excluding hydrogens is 709 g/mol. The number of hydrogen-bond acceptors (Lipinski definition) is 6. The number of rotatable bonds is 6. The Morgan fingerprint density at radius 1 is 0.273 bits per heavy atom. The van der Waals surface area contributed by atoms with E-state index in [1.54, 1.807) is 0 Å². The molecule has 4 radical (unpaired) electrons. The first-order valence-electron chi connectivity index (χ1n) is 11.4. The molecule has 0 saturated carbocycles. The normalized spacial score (nSPS) is 14.2. The predicted molar refractivity (Wildman–Crippen MR) is 142 cm³/mol. The molecule has 9 heteroatoms. The van der Waals surface area contributed by atoms with Crippen LogP contribution in [-0.2, 0) is 18.4 Å². The maximum Gasteiger partial charge on any atom is 0 e. The van der Waals surface area contributed by atoms with Gasteiger partial charge in [-0.2, -0.15) is 0 Å². The van der Waals surface area contributed by atoms with Crippen LogP contribution in [0, 0.1) is 0 Å². The summed E-state index contributed by atoms with van der Waals surface area (Å²) in [5.74, 6) is 0. The summed E-state index contributed by atoms with van der Waals surface area (Å²) < 4.78 is 35.7. The molecule has 0 heterocycles. The van der Waals surface area contributed by atoms with Gasteiger partial charge in [0.2, 0.25) is 0 Å². The van der Waals surface area contributed by atoms with Gasteiger partial charge in [0.15, 0.2) is 0 Å². The molecular formula is C24H54O6Sn2Sr. The van der Waals surface area contributed by atoms with Gasteiger partial charge >= 0.3 is 219 Å². The molecule has 0 atom stereocenters. The molecule has 0 aromatic heterocycles. The van der Waals surface area contributed by atoms with Gasteiger partial charge in [-0.15, -0.1) is 0 Å². The molecule has 0 bridgehead atoms. The minimum absolute atomic E-state index is 0. The van der Waals surface area contributed by atoms with Gasteiger partial charge in [-0.1, -0.05) is 0 Å². The SMILES string of the molecule is CC(C)(C)[O][Sn]([O]C(C)(C)C)[O]C(C)(C)C.CC(C)(C)[O][Sn]([O]C(C)(C)C)[O]C(C)(C)C.[Sr]. The Morgan fingerprint density at radius 3 is 0.424 bits per heavy atom. The Labute approximate surface area is 260 Å². The zero-order valence-corrected chi connectivity index (χ0v) is 34.3. The van der Waals surface area contributed by atoms with Gasteiger partial charge in [0.05, 0.1) is 0 Å². The molecule has 0 unspecified atom stereocenters. The Kier molecular flexibility index (Phi) is 18.9. The molecule has 0 aliphatic rings. The van der Waals surface area contributed by atoms with Gasteiger partial charge in [-0.3, -0.25) is 0 Å². The Bertz CT molecular complexity index is 394. The van der Waals surface area contributed by atoms with Crippen LogP contribution in [0.3, 0.4) is 0 Å². The van der Waals surface area contributed by atoms with Crippen LogP contribution < -0.4 is 0 Å². The Morgan fingerprint density at radius 2 is 0.364 bits per heavy atom. The van der Waals surface area contributed by atoms with Crippen LogP contribution in [-0.4, -0.2) is 121 Å². The van der Waals surface area contributed by atoms with Crippen molar-refractivity contribution in [3.05, 3.63) is 0 Å². The average molecular weight is 764 g/mol.